The summed E-state index contributed by atoms with van der Waals surface area (Å²) in [4.78, 5) is 14.9. The van der Waals surface area contributed by atoms with Gasteiger partial charge in [0.05, 0.1) is 11.1 Å². The standard InChI is InChI=1S/C14H13BN4O2/c1-18-14-13(8-16-18)12(6-10(7-15)17-14)9-2-4-11(5-3-9)19(20)21/h2-6,8H,7,15H2,1H3. The third kappa shape index (κ3) is 2.26. The first-order valence-electron chi connectivity index (χ1n) is 6.66. The Morgan fingerprint density at radius 2 is 2.05 bits per heavy atom. The van der Waals surface area contributed by atoms with Crippen LogP contribution < -0.4 is 0 Å². The summed E-state index contributed by atoms with van der Waals surface area (Å²) in [6.07, 6.45) is 2.60. The lowest BCUT2D eigenvalue weighted by Crippen LogP contribution is -1.97. The molecule has 1 aromatic carbocycles. The molecule has 21 heavy (non-hydrogen) atoms. The minimum atomic E-state index is -0.395. The van der Waals surface area contributed by atoms with Gasteiger partial charge < -0.3 is 0 Å². The summed E-state index contributed by atoms with van der Waals surface area (Å²) in [6, 6.07) is 8.58. The van der Waals surface area contributed by atoms with Crippen molar-refractivity contribution in [1.29, 1.82) is 0 Å². The Kier molecular flexibility index (Phi) is 3.17. The summed E-state index contributed by atoms with van der Waals surface area (Å²) in [5, 5.41) is 15.9. The van der Waals surface area contributed by atoms with E-state index in [2.05, 4.69) is 10.1 Å². The van der Waals surface area contributed by atoms with E-state index in [4.69, 9.17) is 0 Å². The number of hydrogen-bond acceptors (Lipinski definition) is 4. The highest BCUT2D eigenvalue weighted by molar-refractivity contribution is 6.08. The van der Waals surface area contributed by atoms with E-state index in [0.29, 0.717) is 0 Å². The van der Waals surface area contributed by atoms with Gasteiger partial charge in [0.2, 0.25) is 0 Å². The molecule has 3 rings (SSSR count). The molecule has 2 heterocycles. The molecule has 0 N–H and O–H groups in total. The number of nitro groups is 1. The number of rotatable bonds is 3. The molecule has 0 fully saturated rings. The van der Waals surface area contributed by atoms with Gasteiger partial charge in [0.1, 0.15) is 7.85 Å². The van der Waals surface area contributed by atoms with Gasteiger partial charge in [-0.25, -0.2) is 4.98 Å². The molecule has 0 aliphatic heterocycles. The van der Waals surface area contributed by atoms with Crippen molar-refractivity contribution in [3.05, 3.63) is 52.3 Å². The van der Waals surface area contributed by atoms with Gasteiger partial charge in [-0.1, -0.05) is 0 Å². The summed E-state index contributed by atoms with van der Waals surface area (Å²) >= 11 is 0. The van der Waals surface area contributed by atoms with E-state index in [1.165, 1.54) is 12.1 Å². The molecular formula is C14H13BN4O2. The zero-order chi connectivity index (χ0) is 15.0. The maximum Gasteiger partial charge on any atom is 0.269 e. The fourth-order valence-electron chi connectivity index (χ4n) is 2.35. The number of nitrogens with zero attached hydrogens (tertiary/aromatic N) is 4. The van der Waals surface area contributed by atoms with E-state index in [1.54, 1.807) is 23.0 Å². The molecule has 0 atom stereocenters. The van der Waals surface area contributed by atoms with E-state index < -0.39 is 4.92 Å². The first-order chi connectivity index (χ1) is 10.1. The highest BCUT2D eigenvalue weighted by Crippen LogP contribution is 2.29. The number of pyridine rings is 1. The Morgan fingerprint density at radius 1 is 1.33 bits per heavy atom. The topological polar surface area (TPSA) is 73.8 Å². The van der Waals surface area contributed by atoms with E-state index in [-0.39, 0.29) is 5.69 Å². The largest absolute Gasteiger partial charge is 0.269 e. The second kappa shape index (κ2) is 5.01. The average Bonchev–Trinajstić information content (AvgIpc) is 2.88. The fraction of sp³-hybridized carbons (Fsp3) is 0.143. The molecule has 0 aliphatic rings. The predicted octanol–water partition coefficient (Wildman–Crippen LogP) is 1.68. The molecule has 6 nitrogen and oxygen atoms in total. The first-order valence-corrected chi connectivity index (χ1v) is 6.66. The van der Waals surface area contributed by atoms with Crippen molar-refractivity contribution in [2.75, 3.05) is 0 Å². The smallest absolute Gasteiger partial charge is 0.258 e. The Balaban J connectivity index is 2.21. The quantitative estimate of drug-likeness (QED) is 0.415. The molecule has 0 unspecified atom stereocenters. The van der Waals surface area contributed by atoms with E-state index in [9.17, 15) is 10.1 Å². The average molecular weight is 280 g/mol. The van der Waals surface area contributed by atoms with Crippen LogP contribution in [0.5, 0.6) is 0 Å². The summed E-state index contributed by atoms with van der Waals surface area (Å²) in [7, 11) is 3.90. The maximum atomic E-state index is 10.7. The fourth-order valence-corrected chi connectivity index (χ4v) is 2.35. The minimum absolute atomic E-state index is 0.0888. The number of non-ortho nitro benzene ring substituents is 1. The molecule has 2 aromatic heterocycles. The molecule has 0 saturated heterocycles. The lowest BCUT2D eigenvalue weighted by Gasteiger charge is -2.06. The van der Waals surface area contributed by atoms with Crippen LogP contribution in [0.3, 0.4) is 0 Å². The lowest BCUT2D eigenvalue weighted by atomic mass is 9.96. The van der Waals surface area contributed by atoms with Crippen molar-refractivity contribution in [2.24, 2.45) is 7.05 Å². The highest BCUT2D eigenvalue weighted by Gasteiger charge is 2.12. The molecule has 0 amide bonds. The number of nitro benzene ring substituents is 1. The van der Waals surface area contributed by atoms with Crippen molar-refractivity contribution in [3.63, 3.8) is 0 Å². The molecular weight excluding hydrogens is 267 g/mol. The summed E-state index contributed by atoms with van der Waals surface area (Å²) in [5.41, 5.74) is 3.81. The van der Waals surface area contributed by atoms with Gasteiger partial charge in [0.15, 0.2) is 5.65 Å². The predicted molar refractivity (Wildman–Crippen MR) is 82.8 cm³/mol. The molecule has 0 aliphatic carbocycles. The monoisotopic (exact) mass is 280 g/mol. The summed E-state index contributed by atoms with van der Waals surface area (Å²) in [5.74, 6) is 0. The SMILES string of the molecule is BCc1cc(-c2ccc([N+](=O)[O-])cc2)c2cnn(C)c2n1. The van der Waals surface area contributed by atoms with Crippen molar-refractivity contribution in [2.45, 2.75) is 6.32 Å². The molecule has 0 spiro atoms. The third-order valence-electron chi connectivity index (χ3n) is 3.51. The Bertz CT molecular complexity index is 827. The Hall–Kier alpha value is -2.70. The number of fused-ring (bicyclic) bond motifs is 1. The molecule has 7 heteroatoms. The molecule has 3 aromatic rings. The van der Waals surface area contributed by atoms with Gasteiger partial charge in [0.25, 0.3) is 5.69 Å². The van der Waals surface area contributed by atoms with Crippen LogP contribution in [0.4, 0.5) is 5.69 Å². The van der Waals surface area contributed by atoms with Gasteiger partial charge in [-0.2, -0.15) is 5.10 Å². The van der Waals surface area contributed by atoms with Crippen LogP contribution in [-0.4, -0.2) is 27.5 Å². The zero-order valence-electron chi connectivity index (χ0n) is 11.8. The summed E-state index contributed by atoms with van der Waals surface area (Å²) < 4.78 is 1.74. The van der Waals surface area contributed by atoms with Crippen LogP contribution in [0.15, 0.2) is 36.5 Å². The highest BCUT2D eigenvalue weighted by atomic mass is 16.6. The summed E-state index contributed by atoms with van der Waals surface area (Å²) in [6.45, 7) is 0. The number of aryl methyl sites for hydroxylation is 1. The minimum Gasteiger partial charge on any atom is -0.258 e. The normalized spacial score (nSPS) is 10.9. The number of benzene rings is 1. The lowest BCUT2D eigenvalue weighted by molar-refractivity contribution is -0.384. The Morgan fingerprint density at radius 3 is 2.67 bits per heavy atom. The van der Waals surface area contributed by atoms with Crippen molar-refractivity contribution < 1.29 is 4.92 Å². The van der Waals surface area contributed by atoms with Gasteiger partial charge >= 0.3 is 0 Å². The second-order valence-corrected chi connectivity index (χ2v) is 4.82. The van der Waals surface area contributed by atoms with Crippen LogP contribution in [0.1, 0.15) is 5.69 Å². The van der Waals surface area contributed by atoms with Crippen LogP contribution in [0, 0.1) is 10.1 Å². The first kappa shape index (κ1) is 13.3. The zero-order valence-corrected chi connectivity index (χ0v) is 11.8. The molecule has 0 radical (unpaired) electrons. The second-order valence-electron chi connectivity index (χ2n) is 4.82. The van der Waals surface area contributed by atoms with Gasteiger partial charge in [0, 0.05) is 30.3 Å². The van der Waals surface area contributed by atoms with Gasteiger partial charge in [-0.15, -0.1) is 0 Å². The van der Waals surface area contributed by atoms with E-state index in [0.717, 1.165) is 34.2 Å². The van der Waals surface area contributed by atoms with Crippen LogP contribution >= 0.6 is 0 Å². The third-order valence-corrected chi connectivity index (χ3v) is 3.51. The Labute approximate surface area is 122 Å². The van der Waals surface area contributed by atoms with Crippen molar-refractivity contribution in [1.82, 2.24) is 14.8 Å². The van der Waals surface area contributed by atoms with E-state index in [1.807, 2.05) is 21.0 Å². The molecule has 104 valence electrons. The van der Waals surface area contributed by atoms with E-state index >= 15 is 0 Å². The van der Waals surface area contributed by atoms with Crippen LogP contribution in [0.2, 0.25) is 0 Å². The van der Waals surface area contributed by atoms with Crippen molar-refractivity contribution >= 4 is 24.6 Å². The number of hydrogen-bond donors (Lipinski definition) is 0. The van der Waals surface area contributed by atoms with Crippen LogP contribution in [0.25, 0.3) is 22.2 Å². The van der Waals surface area contributed by atoms with Crippen LogP contribution in [-0.2, 0) is 13.4 Å². The van der Waals surface area contributed by atoms with Gasteiger partial charge in [-0.3, -0.25) is 14.8 Å². The molecule has 0 saturated carbocycles. The van der Waals surface area contributed by atoms with Gasteiger partial charge in [-0.05, 0) is 35.6 Å². The maximum absolute atomic E-state index is 10.7. The van der Waals surface area contributed by atoms with Crippen molar-refractivity contribution in [3.8, 4) is 11.1 Å². The number of aromatic nitrogens is 3. The molecule has 0 bridgehead atoms.